The standard InChI is InChI=1S/C16H18N2/c1-12-8-9-17-11-16(12)14-4-2-13(3-5-14)10-18-15-6-7-15/h2-5,8-9,11,15,18H,6-7,10H2,1H3. The minimum Gasteiger partial charge on any atom is -0.310 e. The van der Waals surface area contributed by atoms with Gasteiger partial charge < -0.3 is 5.32 Å². The van der Waals surface area contributed by atoms with Crippen LogP contribution in [0.5, 0.6) is 0 Å². The van der Waals surface area contributed by atoms with Crippen molar-refractivity contribution >= 4 is 0 Å². The van der Waals surface area contributed by atoms with Gasteiger partial charge in [0.05, 0.1) is 0 Å². The van der Waals surface area contributed by atoms with Gasteiger partial charge in [0.2, 0.25) is 0 Å². The summed E-state index contributed by atoms with van der Waals surface area (Å²) in [6.45, 7) is 3.11. The Morgan fingerprint density at radius 3 is 2.61 bits per heavy atom. The molecule has 18 heavy (non-hydrogen) atoms. The third kappa shape index (κ3) is 2.59. The lowest BCUT2D eigenvalue weighted by Crippen LogP contribution is -2.14. The molecule has 1 aromatic heterocycles. The fourth-order valence-electron chi connectivity index (χ4n) is 2.12. The van der Waals surface area contributed by atoms with Crippen molar-refractivity contribution < 1.29 is 0 Å². The second-order valence-electron chi connectivity index (χ2n) is 5.04. The first kappa shape index (κ1) is 11.4. The van der Waals surface area contributed by atoms with E-state index < -0.39 is 0 Å². The molecular formula is C16H18N2. The number of aromatic nitrogens is 1. The molecule has 0 amide bonds. The first-order chi connectivity index (χ1) is 8.83. The lowest BCUT2D eigenvalue weighted by atomic mass is 10.0. The Hall–Kier alpha value is -1.67. The zero-order valence-corrected chi connectivity index (χ0v) is 10.7. The molecular weight excluding hydrogens is 220 g/mol. The van der Waals surface area contributed by atoms with Crippen molar-refractivity contribution in [3.63, 3.8) is 0 Å². The summed E-state index contributed by atoms with van der Waals surface area (Å²) in [6, 6.07) is 11.6. The van der Waals surface area contributed by atoms with Crippen LogP contribution in [-0.2, 0) is 6.54 Å². The van der Waals surface area contributed by atoms with E-state index in [-0.39, 0.29) is 0 Å². The summed E-state index contributed by atoms with van der Waals surface area (Å²) in [5.41, 5.74) is 5.09. The minimum atomic E-state index is 0.769. The van der Waals surface area contributed by atoms with Crippen LogP contribution in [0.4, 0.5) is 0 Å². The van der Waals surface area contributed by atoms with Crippen molar-refractivity contribution in [3.05, 3.63) is 53.9 Å². The van der Waals surface area contributed by atoms with Crippen LogP contribution < -0.4 is 5.32 Å². The number of hydrogen-bond acceptors (Lipinski definition) is 2. The molecule has 92 valence electrons. The Bertz CT molecular complexity index is 527. The number of aryl methyl sites for hydroxylation is 1. The maximum atomic E-state index is 4.20. The van der Waals surface area contributed by atoms with E-state index in [2.05, 4.69) is 47.6 Å². The molecule has 0 spiro atoms. The normalized spacial score (nSPS) is 14.7. The van der Waals surface area contributed by atoms with Gasteiger partial charge in [-0.2, -0.15) is 0 Å². The van der Waals surface area contributed by atoms with Crippen LogP contribution in [0.25, 0.3) is 11.1 Å². The second kappa shape index (κ2) is 4.91. The van der Waals surface area contributed by atoms with Gasteiger partial charge >= 0.3 is 0 Å². The second-order valence-corrected chi connectivity index (χ2v) is 5.04. The molecule has 0 bridgehead atoms. The average molecular weight is 238 g/mol. The van der Waals surface area contributed by atoms with Gasteiger partial charge in [0.1, 0.15) is 0 Å². The monoisotopic (exact) mass is 238 g/mol. The van der Waals surface area contributed by atoms with Crippen LogP contribution in [-0.4, -0.2) is 11.0 Å². The van der Waals surface area contributed by atoms with Gasteiger partial charge in [-0.25, -0.2) is 0 Å². The van der Waals surface area contributed by atoms with E-state index in [4.69, 9.17) is 0 Å². The zero-order chi connectivity index (χ0) is 12.4. The minimum absolute atomic E-state index is 0.769. The number of benzene rings is 1. The molecule has 1 aliphatic carbocycles. The molecule has 1 N–H and O–H groups in total. The Labute approximate surface area is 108 Å². The predicted molar refractivity (Wildman–Crippen MR) is 74.3 cm³/mol. The molecule has 0 aliphatic heterocycles. The lowest BCUT2D eigenvalue weighted by molar-refractivity contribution is 0.688. The molecule has 2 aromatic rings. The fraction of sp³-hybridized carbons (Fsp3) is 0.312. The van der Waals surface area contributed by atoms with Crippen molar-refractivity contribution in [3.8, 4) is 11.1 Å². The highest BCUT2D eigenvalue weighted by Gasteiger charge is 2.19. The average Bonchev–Trinajstić information content (AvgIpc) is 3.22. The van der Waals surface area contributed by atoms with Gasteiger partial charge in [0.25, 0.3) is 0 Å². The molecule has 0 radical (unpaired) electrons. The van der Waals surface area contributed by atoms with Gasteiger partial charge in [-0.15, -0.1) is 0 Å². The van der Waals surface area contributed by atoms with Crippen molar-refractivity contribution in [2.24, 2.45) is 0 Å². The topological polar surface area (TPSA) is 24.9 Å². The van der Waals surface area contributed by atoms with E-state index >= 15 is 0 Å². The first-order valence-electron chi connectivity index (χ1n) is 6.56. The smallest absolute Gasteiger partial charge is 0.0349 e. The third-order valence-electron chi connectivity index (χ3n) is 3.48. The Balaban J connectivity index is 1.75. The molecule has 2 nitrogen and oxygen atoms in total. The van der Waals surface area contributed by atoms with Gasteiger partial charge in [0, 0.05) is 30.5 Å². The number of hydrogen-bond donors (Lipinski definition) is 1. The van der Waals surface area contributed by atoms with Crippen molar-refractivity contribution in [2.75, 3.05) is 0 Å². The Kier molecular flexibility index (Phi) is 3.11. The summed E-state index contributed by atoms with van der Waals surface area (Å²) in [7, 11) is 0. The summed E-state index contributed by atoms with van der Waals surface area (Å²) in [6.07, 6.45) is 6.46. The maximum Gasteiger partial charge on any atom is 0.0349 e. The van der Waals surface area contributed by atoms with Gasteiger partial charge in [-0.3, -0.25) is 4.98 Å². The zero-order valence-electron chi connectivity index (χ0n) is 10.7. The van der Waals surface area contributed by atoms with E-state index in [1.807, 2.05) is 12.4 Å². The highest BCUT2D eigenvalue weighted by Crippen LogP contribution is 2.23. The number of nitrogens with zero attached hydrogens (tertiary/aromatic N) is 1. The van der Waals surface area contributed by atoms with Gasteiger partial charge in [-0.1, -0.05) is 24.3 Å². The molecule has 1 fully saturated rings. The highest BCUT2D eigenvalue weighted by molar-refractivity contribution is 5.66. The Morgan fingerprint density at radius 2 is 1.94 bits per heavy atom. The van der Waals surface area contributed by atoms with E-state index in [0.717, 1.165) is 12.6 Å². The number of rotatable bonds is 4. The van der Waals surface area contributed by atoms with Gasteiger partial charge in [0.15, 0.2) is 0 Å². The Morgan fingerprint density at radius 1 is 1.17 bits per heavy atom. The predicted octanol–water partition coefficient (Wildman–Crippen LogP) is 3.31. The molecule has 1 heterocycles. The summed E-state index contributed by atoms with van der Waals surface area (Å²) in [5, 5.41) is 3.53. The van der Waals surface area contributed by atoms with Crippen molar-refractivity contribution in [1.82, 2.24) is 10.3 Å². The molecule has 3 rings (SSSR count). The highest BCUT2D eigenvalue weighted by atomic mass is 14.9. The molecule has 2 heteroatoms. The molecule has 1 aromatic carbocycles. The number of pyridine rings is 1. The van der Waals surface area contributed by atoms with Gasteiger partial charge in [-0.05, 0) is 42.5 Å². The van der Waals surface area contributed by atoms with Crippen LogP contribution >= 0.6 is 0 Å². The summed E-state index contributed by atoms with van der Waals surface area (Å²) < 4.78 is 0. The SMILES string of the molecule is Cc1ccncc1-c1ccc(CNC2CC2)cc1. The van der Waals surface area contributed by atoms with Crippen molar-refractivity contribution in [2.45, 2.75) is 32.4 Å². The molecule has 0 unspecified atom stereocenters. The van der Waals surface area contributed by atoms with Crippen LogP contribution in [0.1, 0.15) is 24.0 Å². The van der Waals surface area contributed by atoms with E-state index in [1.165, 1.54) is 35.1 Å². The molecule has 1 aliphatic rings. The summed E-state index contributed by atoms with van der Waals surface area (Å²) in [4.78, 5) is 4.20. The molecule has 1 saturated carbocycles. The van der Waals surface area contributed by atoms with E-state index in [1.54, 1.807) is 0 Å². The molecule has 0 saturated heterocycles. The molecule has 0 atom stereocenters. The van der Waals surface area contributed by atoms with Crippen molar-refractivity contribution in [1.29, 1.82) is 0 Å². The first-order valence-corrected chi connectivity index (χ1v) is 6.56. The number of nitrogens with one attached hydrogen (secondary N) is 1. The van der Waals surface area contributed by atoms with E-state index in [0.29, 0.717) is 0 Å². The third-order valence-corrected chi connectivity index (χ3v) is 3.48. The van der Waals surface area contributed by atoms with E-state index in [9.17, 15) is 0 Å². The lowest BCUT2D eigenvalue weighted by Gasteiger charge is -2.07. The summed E-state index contributed by atoms with van der Waals surface area (Å²) >= 11 is 0. The quantitative estimate of drug-likeness (QED) is 0.884. The largest absolute Gasteiger partial charge is 0.310 e. The maximum absolute atomic E-state index is 4.20. The van der Waals surface area contributed by atoms with Crippen LogP contribution in [0.3, 0.4) is 0 Å². The van der Waals surface area contributed by atoms with Crippen LogP contribution in [0, 0.1) is 6.92 Å². The summed E-state index contributed by atoms with van der Waals surface area (Å²) in [5.74, 6) is 0. The van der Waals surface area contributed by atoms with Crippen LogP contribution in [0.2, 0.25) is 0 Å². The fourth-order valence-corrected chi connectivity index (χ4v) is 2.12. The van der Waals surface area contributed by atoms with Crippen LogP contribution in [0.15, 0.2) is 42.7 Å².